The van der Waals surface area contributed by atoms with Gasteiger partial charge in [0, 0.05) is 6.04 Å². The molecule has 52 valence electrons. The molecule has 0 amide bonds. The van der Waals surface area contributed by atoms with Gasteiger partial charge in [-0.3, -0.25) is 0 Å². The zero-order chi connectivity index (χ0) is 6.53. The molecule has 1 aliphatic rings. The van der Waals surface area contributed by atoms with Crippen molar-refractivity contribution in [2.45, 2.75) is 32.2 Å². The third kappa shape index (κ3) is 2.19. The summed E-state index contributed by atoms with van der Waals surface area (Å²) in [5, 5.41) is 3.47. The van der Waals surface area contributed by atoms with Crippen LogP contribution in [-0.2, 0) is 0 Å². The van der Waals surface area contributed by atoms with E-state index in [-0.39, 0.29) is 0 Å². The Bertz CT molecular complexity index is 88.7. The number of hydrogen-bond donors (Lipinski definition) is 1. The first kappa shape index (κ1) is 6.81. The van der Waals surface area contributed by atoms with Crippen molar-refractivity contribution in [2.75, 3.05) is 6.54 Å². The van der Waals surface area contributed by atoms with E-state index in [0.29, 0.717) is 0 Å². The van der Waals surface area contributed by atoms with Gasteiger partial charge in [0.1, 0.15) is 0 Å². The molecule has 0 aliphatic heterocycles. The number of rotatable bonds is 3. The van der Waals surface area contributed by atoms with Gasteiger partial charge < -0.3 is 5.32 Å². The molecule has 0 aromatic carbocycles. The van der Waals surface area contributed by atoms with Crippen LogP contribution in [0, 0.1) is 0 Å². The summed E-state index contributed by atoms with van der Waals surface area (Å²) in [4.78, 5) is 0. The van der Waals surface area contributed by atoms with E-state index in [1.165, 1.54) is 25.8 Å². The van der Waals surface area contributed by atoms with Crippen molar-refractivity contribution in [1.82, 2.24) is 5.32 Å². The average molecular weight is 125 g/mol. The lowest BCUT2D eigenvalue weighted by Crippen LogP contribution is -2.26. The molecule has 0 spiro atoms. The fourth-order valence-corrected chi connectivity index (χ4v) is 1.13. The monoisotopic (exact) mass is 125 g/mol. The highest BCUT2D eigenvalue weighted by molar-refractivity contribution is 4.97. The minimum Gasteiger partial charge on any atom is -0.313 e. The molecular weight excluding hydrogens is 110 g/mol. The molecule has 0 unspecified atom stereocenters. The molecule has 0 fully saturated rings. The van der Waals surface area contributed by atoms with Crippen molar-refractivity contribution in [3.63, 3.8) is 0 Å². The van der Waals surface area contributed by atoms with E-state index >= 15 is 0 Å². The first-order valence-corrected chi connectivity index (χ1v) is 3.82. The van der Waals surface area contributed by atoms with Crippen LogP contribution in [0.4, 0.5) is 0 Å². The second-order valence-corrected chi connectivity index (χ2v) is 2.59. The van der Waals surface area contributed by atoms with Crippen LogP contribution < -0.4 is 5.32 Å². The first-order valence-electron chi connectivity index (χ1n) is 3.82. The third-order valence-electron chi connectivity index (χ3n) is 1.69. The van der Waals surface area contributed by atoms with Crippen LogP contribution in [-0.4, -0.2) is 12.6 Å². The summed E-state index contributed by atoms with van der Waals surface area (Å²) in [6.45, 7) is 3.38. The molecule has 0 atom stereocenters. The first-order chi connectivity index (χ1) is 4.43. The maximum Gasteiger partial charge on any atom is 0.0136 e. The second kappa shape index (κ2) is 3.67. The Balaban J connectivity index is 2.01. The van der Waals surface area contributed by atoms with Gasteiger partial charge >= 0.3 is 0 Å². The van der Waals surface area contributed by atoms with Crippen LogP contribution in [0.25, 0.3) is 0 Å². The summed E-state index contributed by atoms with van der Waals surface area (Å²) in [5.74, 6) is 0. The van der Waals surface area contributed by atoms with E-state index in [4.69, 9.17) is 0 Å². The maximum atomic E-state index is 3.47. The molecule has 9 heavy (non-hydrogen) atoms. The van der Waals surface area contributed by atoms with Crippen LogP contribution in [0.1, 0.15) is 26.2 Å². The van der Waals surface area contributed by atoms with Crippen LogP contribution in [0.5, 0.6) is 0 Å². The average Bonchev–Trinajstić information content (AvgIpc) is 2.34. The topological polar surface area (TPSA) is 12.0 Å². The van der Waals surface area contributed by atoms with Crippen LogP contribution in [0.2, 0.25) is 0 Å². The van der Waals surface area contributed by atoms with Gasteiger partial charge in [-0.05, 0) is 25.8 Å². The number of nitrogens with one attached hydrogen (secondary N) is 1. The number of hydrogen-bond acceptors (Lipinski definition) is 1. The molecule has 1 heteroatoms. The smallest absolute Gasteiger partial charge is 0.0136 e. The fraction of sp³-hybridized carbons (Fsp3) is 0.750. The standard InChI is InChI=1S/C8H15N/c1-2-7-9-8-5-3-4-6-8/h3-4,8-9H,2,5-7H2,1H3. The zero-order valence-corrected chi connectivity index (χ0v) is 6.06. The summed E-state index contributed by atoms with van der Waals surface area (Å²) in [6.07, 6.45) is 8.23. The normalized spacial score (nSPS) is 19.2. The highest BCUT2D eigenvalue weighted by Gasteiger charge is 2.06. The highest BCUT2D eigenvalue weighted by Crippen LogP contribution is 2.08. The lowest BCUT2D eigenvalue weighted by molar-refractivity contribution is 0.537. The van der Waals surface area contributed by atoms with Crippen LogP contribution >= 0.6 is 0 Å². The van der Waals surface area contributed by atoms with Crippen molar-refractivity contribution in [1.29, 1.82) is 0 Å². The second-order valence-electron chi connectivity index (χ2n) is 2.59. The molecule has 0 saturated heterocycles. The predicted octanol–water partition coefficient (Wildman–Crippen LogP) is 1.70. The molecule has 0 bridgehead atoms. The van der Waals surface area contributed by atoms with Crippen molar-refractivity contribution in [3.05, 3.63) is 12.2 Å². The molecule has 0 aromatic rings. The van der Waals surface area contributed by atoms with Gasteiger partial charge in [-0.2, -0.15) is 0 Å². The molecule has 1 rings (SSSR count). The SMILES string of the molecule is CCCNC1CC=CC1. The van der Waals surface area contributed by atoms with Gasteiger partial charge in [0.2, 0.25) is 0 Å². The Morgan fingerprint density at radius 1 is 1.44 bits per heavy atom. The van der Waals surface area contributed by atoms with Gasteiger partial charge in [0.05, 0.1) is 0 Å². The summed E-state index contributed by atoms with van der Waals surface area (Å²) >= 11 is 0. The lowest BCUT2D eigenvalue weighted by Gasteiger charge is -2.09. The molecule has 0 heterocycles. The van der Waals surface area contributed by atoms with Crippen molar-refractivity contribution < 1.29 is 0 Å². The molecule has 1 nitrogen and oxygen atoms in total. The van der Waals surface area contributed by atoms with Gasteiger partial charge in [0.15, 0.2) is 0 Å². The van der Waals surface area contributed by atoms with Gasteiger partial charge in [-0.25, -0.2) is 0 Å². The summed E-state index contributed by atoms with van der Waals surface area (Å²) in [5.41, 5.74) is 0. The Labute approximate surface area is 57.1 Å². The minimum atomic E-state index is 0.755. The predicted molar refractivity (Wildman–Crippen MR) is 40.5 cm³/mol. The Morgan fingerprint density at radius 3 is 2.67 bits per heavy atom. The van der Waals surface area contributed by atoms with Gasteiger partial charge in [0.25, 0.3) is 0 Å². The molecule has 0 aromatic heterocycles. The largest absolute Gasteiger partial charge is 0.313 e. The van der Waals surface area contributed by atoms with Gasteiger partial charge in [-0.1, -0.05) is 19.1 Å². The summed E-state index contributed by atoms with van der Waals surface area (Å²) < 4.78 is 0. The molecule has 0 radical (unpaired) electrons. The lowest BCUT2D eigenvalue weighted by atomic mass is 10.2. The summed E-state index contributed by atoms with van der Waals surface area (Å²) in [6, 6.07) is 0.755. The quantitative estimate of drug-likeness (QED) is 0.566. The van der Waals surface area contributed by atoms with Gasteiger partial charge in [-0.15, -0.1) is 0 Å². The molecule has 0 saturated carbocycles. The van der Waals surface area contributed by atoms with Crippen molar-refractivity contribution in [2.24, 2.45) is 0 Å². The molecule has 1 aliphatic carbocycles. The third-order valence-corrected chi connectivity index (χ3v) is 1.69. The summed E-state index contributed by atoms with van der Waals surface area (Å²) in [7, 11) is 0. The molecular formula is C8H15N. The van der Waals surface area contributed by atoms with Crippen LogP contribution in [0.3, 0.4) is 0 Å². The molecule has 1 N–H and O–H groups in total. The Morgan fingerprint density at radius 2 is 2.11 bits per heavy atom. The fourth-order valence-electron chi connectivity index (χ4n) is 1.13. The van der Waals surface area contributed by atoms with E-state index in [2.05, 4.69) is 24.4 Å². The van der Waals surface area contributed by atoms with E-state index < -0.39 is 0 Å². The minimum absolute atomic E-state index is 0.755. The van der Waals surface area contributed by atoms with E-state index in [1.807, 2.05) is 0 Å². The Hall–Kier alpha value is -0.300. The highest BCUT2D eigenvalue weighted by atomic mass is 14.9. The van der Waals surface area contributed by atoms with Crippen molar-refractivity contribution >= 4 is 0 Å². The van der Waals surface area contributed by atoms with E-state index in [0.717, 1.165) is 6.04 Å². The zero-order valence-electron chi connectivity index (χ0n) is 6.06. The van der Waals surface area contributed by atoms with E-state index in [9.17, 15) is 0 Å². The Kier molecular flexibility index (Phi) is 2.78. The van der Waals surface area contributed by atoms with Crippen molar-refractivity contribution in [3.8, 4) is 0 Å². The maximum absolute atomic E-state index is 3.47. The van der Waals surface area contributed by atoms with Crippen LogP contribution in [0.15, 0.2) is 12.2 Å². The van der Waals surface area contributed by atoms with E-state index in [1.54, 1.807) is 0 Å².